The number of esters is 1. The van der Waals surface area contributed by atoms with Crippen LogP contribution in [0.4, 0.5) is 0 Å². The fourth-order valence-corrected chi connectivity index (χ4v) is 3.96. The van der Waals surface area contributed by atoms with Gasteiger partial charge in [-0.25, -0.2) is 9.36 Å². The van der Waals surface area contributed by atoms with Crippen molar-refractivity contribution in [1.29, 1.82) is 0 Å². The molecule has 2 atom stereocenters. The average molecular weight is 310 g/mol. The quantitative estimate of drug-likeness (QED) is 0.632. The molecule has 0 bridgehead atoms. The second-order valence-corrected chi connectivity index (χ2v) is 7.04. The van der Waals surface area contributed by atoms with Gasteiger partial charge >= 0.3 is 13.6 Å². The highest BCUT2D eigenvalue weighted by molar-refractivity contribution is 7.53. The second-order valence-electron chi connectivity index (χ2n) is 4.82. The molecule has 1 aliphatic rings. The Bertz CT molecular complexity index is 593. The van der Waals surface area contributed by atoms with Crippen molar-refractivity contribution >= 4 is 13.6 Å². The van der Waals surface area contributed by atoms with Crippen LogP contribution in [0.1, 0.15) is 24.8 Å². The molecular weight excluding hydrogens is 291 g/mol. The maximum Gasteiger partial charge on any atom is 0.378 e. The molecule has 1 aromatic rings. The molecule has 0 amide bonds. The van der Waals surface area contributed by atoms with E-state index in [-0.39, 0.29) is 12.1 Å². The minimum Gasteiger partial charge on any atom is -0.466 e. The normalized spacial score (nSPS) is 26.0. The number of benzene rings is 1. The van der Waals surface area contributed by atoms with Crippen LogP contribution in [0.2, 0.25) is 0 Å². The Morgan fingerprint density at radius 1 is 1.29 bits per heavy atom. The van der Waals surface area contributed by atoms with Gasteiger partial charge in [0, 0.05) is 13.0 Å². The van der Waals surface area contributed by atoms with Gasteiger partial charge in [-0.15, -0.1) is 0 Å². The van der Waals surface area contributed by atoms with Gasteiger partial charge in [0.15, 0.2) is 0 Å². The standard InChI is InChI=1S/C15H19O5P/c1-11-14(15(16)18-2)13(12-7-5-4-6-8-12)9-10-21(17,19-3)20-11/h4-8,13H,9-10H2,1-3H3/t13?,21-/m1/s1. The van der Waals surface area contributed by atoms with E-state index in [4.69, 9.17) is 13.8 Å². The Kier molecular flexibility index (Phi) is 4.86. The van der Waals surface area contributed by atoms with Crippen LogP contribution in [0.3, 0.4) is 0 Å². The molecule has 1 aliphatic heterocycles. The zero-order chi connectivity index (χ0) is 15.5. The number of carbonyl (C=O) groups is 1. The first-order chi connectivity index (χ1) is 10.0. The summed E-state index contributed by atoms with van der Waals surface area (Å²) in [5.41, 5.74) is 1.36. The number of carbonyl (C=O) groups excluding carboxylic acids is 1. The second kappa shape index (κ2) is 6.46. The van der Waals surface area contributed by atoms with Crippen molar-refractivity contribution in [1.82, 2.24) is 0 Å². The summed E-state index contributed by atoms with van der Waals surface area (Å²) in [6, 6.07) is 9.58. The topological polar surface area (TPSA) is 61.8 Å². The number of rotatable bonds is 3. The molecule has 5 nitrogen and oxygen atoms in total. The third-order valence-corrected chi connectivity index (χ3v) is 5.50. The molecule has 114 valence electrons. The monoisotopic (exact) mass is 310 g/mol. The third-order valence-electron chi connectivity index (χ3n) is 3.58. The molecular formula is C15H19O5P. The van der Waals surface area contributed by atoms with Crippen LogP contribution >= 0.6 is 7.60 Å². The Labute approximate surface area is 124 Å². The number of ether oxygens (including phenoxy) is 1. The van der Waals surface area contributed by atoms with E-state index in [1.807, 2.05) is 30.3 Å². The van der Waals surface area contributed by atoms with Crippen LogP contribution in [0.15, 0.2) is 41.7 Å². The molecule has 0 radical (unpaired) electrons. The predicted molar refractivity (Wildman–Crippen MR) is 79.1 cm³/mol. The number of allylic oxidation sites excluding steroid dienone is 1. The van der Waals surface area contributed by atoms with Crippen molar-refractivity contribution in [2.24, 2.45) is 0 Å². The van der Waals surface area contributed by atoms with Crippen molar-refractivity contribution < 1.29 is 23.1 Å². The fourth-order valence-electron chi connectivity index (χ4n) is 2.52. The summed E-state index contributed by atoms with van der Waals surface area (Å²) >= 11 is 0. The van der Waals surface area contributed by atoms with E-state index < -0.39 is 13.6 Å². The van der Waals surface area contributed by atoms with E-state index in [2.05, 4.69) is 0 Å². The first-order valence-electron chi connectivity index (χ1n) is 6.69. The summed E-state index contributed by atoms with van der Waals surface area (Å²) in [6.45, 7) is 1.62. The van der Waals surface area contributed by atoms with Crippen LogP contribution in [0.5, 0.6) is 0 Å². The van der Waals surface area contributed by atoms with E-state index in [0.717, 1.165) is 5.56 Å². The average Bonchev–Trinajstić information content (AvgIpc) is 2.64. The minimum atomic E-state index is -3.20. The molecule has 1 unspecified atom stereocenters. The molecule has 6 heteroatoms. The Morgan fingerprint density at radius 2 is 1.95 bits per heavy atom. The summed E-state index contributed by atoms with van der Waals surface area (Å²) in [7, 11) is -0.524. The van der Waals surface area contributed by atoms with E-state index in [9.17, 15) is 9.36 Å². The Balaban J connectivity index is 2.50. The summed E-state index contributed by atoms with van der Waals surface area (Å²) in [5.74, 6) is -0.381. The molecule has 21 heavy (non-hydrogen) atoms. The van der Waals surface area contributed by atoms with Crippen molar-refractivity contribution in [3.05, 3.63) is 47.2 Å². The van der Waals surface area contributed by atoms with Crippen LogP contribution in [0.25, 0.3) is 0 Å². The lowest BCUT2D eigenvalue weighted by molar-refractivity contribution is -0.136. The molecule has 0 saturated heterocycles. The van der Waals surface area contributed by atoms with Gasteiger partial charge in [-0.3, -0.25) is 0 Å². The van der Waals surface area contributed by atoms with Crippen molar-refractivity contribution in [3.63, 3.8) is 0 Å². The zero-order valence-corrected chi connectivity index (χ0v) is 13.3. The lowest BCUT2D eigenvalue weighted by Crippen LogP contribution is -2.15. The molecule has 1 heterocycles. The van der Waals surface area contributed by atoms with Gasteiger partial charge in [0.2, 0.25) is 0 Å². The summed E-state index contributed by atoms with van der Waals surface area (Å²) in [5, 5.41) is 0. The van der Waals surface area contributed by atoms with Gasteiger partial charge in [-0.1, -0.05) is 30.3 Å². The van der Waals surface area contributed by atoms with Crippen LogP contribution in [-0.4, -0.2) is 26.4 Å². The van der Waals surface area contributed by atoms with Crippen LogP contribution in [0, 0.1) is 0 Å². The number of hydrogen-bond acceptors (Lipinski definition) is 5. The molecule has 0 aliphatic carbocycles. The highest BCUT2D eigenvalue weighted by Gasteiger charge is 2.36. The van der Waals surface area contributed by atoms with Gasteiger partial charge in [-0.05, 0) is 18.9 Å². The molecule has 2 rings (SSSR count). The summed E-state index contributed by atoms with van der Waals surface area (Å²) < 4.78 is 27.8. The van der Waals surface area contributed by atoms with E-state index in [0.29, 0.717) is 17.8 Å². The van der Waals surface area contributed by atoms with Crippen LogP contribution in [-0.2, 0) is 23.1 Å². The van der Waals surface area contributed by atoms with Gasteiger partial charge in [0.25, 0.3) is 0 Å². The lowest BCUT2D eigenvalue weighted by Gasteiger charge is -2.17. The van der Waals surface area contributed by atoms with Gasteiger partial charge in [0.05, 0.1) is 18.8 Å². The summed E-state index contributed by atoms with van der Waals surface area (Å²) in [4.78, 5) is 12.1. The van der Waals surface area contributed by atoms with E-state index in [1.54, 1.807) is 6.92 Å². The molecule has 0 aromatic heterocycles. The lowest BCUT2D eigenvalue weighted by atomic mass is 9.88. The number of hydrogen-bond donors (Lipinski definition) is 0. The maximum absolute atomic E-state index is 12.4. The molecule has 0 N–H and O–H groups in total. The van der Waals surface area contributed by atoms with Crippen molar-refractivity contribution in [2.75, 3.05) is 20.4 Å². The molecule has 0 spiro atoms. The van der Waals surface area contributed by atoms with Gasteiger partial charge in [-0.2, -0.15) is 0 Å². The van der Waals surface area contributed by atoms with Gasteiger partial charge in [0.1, 0.15) is 5.76 Å². The molecule has 0 fully saturated rings. The maximum atomic E-state index is 12.4. The van der Waals surface area contributed by atoms with E-state index in [1.165, 1.54) is 14.2 Å². The molecule has 1 aromatic carbocycles. The number of methoxy groups -OCH3 is 1. The van der Waals surface area contributed by atoms with Gasteiger partial charge < -0.3 is 13.8 Å². The Morgan fingerprint density at radius 3 is 2.52 bits per heavy atom. The minimum absolute atomic E-state index is 0.218. The largest absolute Gasteiger partial charge is 0.466 e. The van der Waals surface area contributed by atoms with Crippen LogP contribution < -0.4 is 0 Å². The first kappa shape index (κ1) is 15.8. The SMILES string of the molecule is COC(=O)C1=C(C)O[P@](=O)(OC)CCC1c1ccccc1. The third kappa shape index (κ3) is 3.36. The Hall–Kier alpha value is -1.58. The fraction of sp³-hybridized carbons (Fsp3) is 0.400. The zero-order valence-electron chi connectivity index (χ0n) is 12.4. The highest BCUT2D eigenvalue weighted by atomic mass is 31.2. The van der Waals surface area contributed by atoms with Crippen molar-refractivity contribution in [2.45, 2.75) is 19.3 Å². The highest BCUT2D eigenvalue weighted by Crippen LogP contribution is 2.54. The predicted octanol–water partition coefficient (Wildman–Crippen LogP) is 3.48. The smallest absolute Gasteiger partial charge is 0.378 e. The van der Waals surface area contributed by atoms with E-state index >= 15 is 0 Å². The molecule has 0 saturated carbocycles. The summed E-state index contributed by atoms with van der Waals surface area (Å²) in [6.07, 6.45) is 0.748. The first-order valence-corrected chi connectivity index (χ1v) is 8.42. The van der Waals surface area contributed by atoms with Crippen molar-refractivity contribution in [3.8, 4) is 0 Å².